The first-order chi connectivity index (χ1) is 11.1. The average Bonchev–Trinajstić information content (AvgIpc) is 2.40. The van der Waals surface area contributed by atoms with Gasteiger partial charge in [-0.2, -0.15) is 0 Å². The summed E-state index contributed by atoms with van der Waals surface area (Å²) in [4.78, 5) is 0. The van der Waals surface area contributed by atoms with Gasteiger partial charge in [-0.3, -0.25) is 0 Å². The number of aliphatic hydroxyl groups is 1. The van der Waals surface area contributed by atoms with Gasteiger partial charge >= 0.3 is 0 Å². The highest BCUT2D eigenvalue weighted by molar-refractivity contribution is 6.77. The van der Waals surface area contributed by atoms with Gasteiger partial charge in [-0.15, -0.1) is 0 Å². The third-order valence-electron chi connectivity index (χ3n) is 5.93. The third kappa shape index (κ3) is 6.03. The monoisotopic (exact) mass is 388 g/mol. The molecule has 5 heteroatoms. The number of hydrogen-bond acceptors (Lipinski definition) is 3. The molecule has 0 aliphatic rings. The van der Waals surface area contributed by atoms with Gasteiger partial charge < -0.3 is 14.0 Å². The molecule has 0 rings (SSSR count). The van der Waals surface area contributed by atoms with E-state index in [1.54, 1.807) is 0 Å². The van der Waals surface area contributed by atoms with Gasteiger partial charge in [0.1, 0.15) is 6.10 Å². The van der Waals surface area contributed by atoms with E-state index in [1.807, 2.05) is 19.1 Å². The van der Waals surface area contributed by atoms with Crippen LogP contribution in [0.15, 0.2) is 12.2 Å². The minimum Gasteiger partial charge on any atom is -0.405 e. The summed E-state index contributed by atoms with van der Waals surface area (Å²) in [6.45, 7) is 26.5. The summed E-state index contributed by atoms with van der Waals surface area (Å²) in [6.07, 6.45) is 2.61. The molecule has 0 aromatic carbocycles. The minimum absolute atomic E-state index is 0.0527. The van der Waals surface area contributed by atoms with Crippen molar-refractivity contribution < 1.29 is 14.0 Å². The Morgan fingerprint density at radius 2 is 1.24 bits per heavy atom. The van der Waals surface area contributed by atoms with Crippen LogP contribution in [0.3, 0.4) is 0 Å². The first-order valence-electron chi connectivity index (χ1n) is 9.80. The van der Waals surface area contributed by atoms with Crippen molar-refractivity contribution in [2.24, 2.45) is 0 Å². The van der Waals surface area contributed by atoms with Crippen LogP contribution in [0.25, 0.3) is 0 Å². The van der Waals surface area contributed by atoms with Gasteiger partial charge in [-0.25, -0.2) is 0 Å². The summed E-state index contributed by atoms with van der Waals surface area (Å²) in [5, 5.41) is 11.0. The fourth-order valence-corrected chi connectivity index (χ4v) is 10.1. The maximum atomic E-state index is 10.9. The largest absolute Gasteiger partial charge is 0.405 e. The first kappa shape index (κ1) is 25.1. The van der Waals surface area contributed by atoms with Crippen LogP contribution in [0.5, 0.6) is 0 Å². The van der Waals surface area contributed by atoms with Crippen molar-refractivity contribution >= 4 is 16.6 Å². The van der Waals surface area contributed by atoms with Gasteiger partial charge in [0.15, 0.2) is 14.6 Å². The molecule has 0 aliphatic carbocycles. The van der Waals surface area contributed by atoms with Gasteiger partial charge in [-0.05, 0) is 41.7 Å². The molecule has 0 bridgehead atoms. The molecule has 0 saturated carbocycles. The summed E-state index contributed by atoms with van der Waals surface area (Å²) in [6, 6.07) is 0. The highest BCUT2D eigenvalue weighted by Crippen LogP contribution is 2.44. The molecule has 150 valence electrons. The van der Waals surface area contributed by atoms with E-state index in [2.05, 4.69) is 75.4 Å². The zero-order valence-corrected chi connectivity index (χ0v) is 20.8. The lowest BCUT2D eigenvalue weighted by molar-refractivity contribution is -0.0893. The Labute approximate surface area is 159 Å². The van der Waals surface area contributed by atoms with Crippen molar-refractivity contribution in [3.8, 4) is 0 Å². The molecule has 1 N–H and O–H groups in total. The summed E-state index contributed by atoms with van der Waals surface area (Å²) in [5.74, 6) is 0. The van der Waals surface area contributed by atoms with Crippen molar-refractivity contribution in [1.82, 2.24) is 0 Å². The molecule has 0 heterocycles. The highest BCUT2D eigenvalue weighted by Gasteiger charge is 2.48. The lowest BCUT2D eigenvalue weighted by Crippen LogP contribution is -2.54. The molecule has 0 saturated heterocycles. The van der Waals surface area contributed by atoms with E-state index in [9.17, 15) is 5.11 Å². The molecule has 0 spiro atoms. The molecular formula is C20H44O3Si2. The molecule has 0 unspecified atom stereocenters. The smallest absolute Gasteiger partial charge is 0.201 e. The van der Waals surface area contributed by atoms with Crippen molar-refractivity contribution in [1.29, 1.82) is 0 Å². The Balaban J connectivity index is 5.68. The molecule has 3 nitrogen and oxygen atoms in total. The van der Waals surface area contributed by atoms with Gasteiger partial charge in [-0.1, -0.05) is 74.5 Å². The summed E-state index contributed by atoms with van der Waals surface area (Å²) < 4.78 is 13.0. The predicted molar refractivity (Wildman–Crippen MR) is 115 cm³/mol. The Bertz CT molecular complexity index is 401. The van der Waals surface area contributed by atoms with Crippen LogP contribution in [0.4, 0.5) is 0 Å². The molecule has 0 aliphatic heterocycles. The van der Waals surface area contributed by atoms with Crippen molar-refractivity contribution in [3.63, 3.8) is 0 Å². The second kappa shape index (κ2) is 9.31. The van der Waals surface area contributed by atoms with Crippen LogP contribution in [0.1, 0.15) is 69.2 Å². The topological polar surface area (TPSA) is 38.7 Å². The zero-order valence-electron chi connectivity index (χ0n) is 18.8. The van der Waals surface area contributed by atoms with Gasteiger partial charge in [0.2, 0.25) is 8.32 Å². The Morgan fingerprint density at radius 3 is 1.52 bits per heavy atom. The van der Waals surface area contributed by atoms with Crippen LogP contribution < -0.4 is 0 Å². The second-order valence-electron chi connectivity index (χ2n) is 9.69. The van der Waals surface area contributed by atoms with Crippen molar-refractivity contribution in [2.75, 3.05) is 0 Å². The van der Waals surface area contributed by atoms with E-state index in [0.29, 0.717) is 16.6 Å². The van der Waals surface area contributed by atoms with Gasteiger partial charge in [0.25, 0.3) is 0 Å². The van der Waals surface area contributed by atoms with Gasteiger partial charge in [0, 0.05) is 0 Å². The lowest BCUT2D eigenvalue weighted by Gasteiger charge is -2.46. The average molecular weight is 389 g/mol. The van der Waals surface area contributed by atoms with Crippen LogP contribution >= 0.6 is 0 Å². The van der Waals surface area contributed by atoms with Gasteiger partial charge in [0.05, 0.1) is 0 Å². The maximum absolute atomic E-state index is 10.9. The SMILES string of the molecule is C/C=C/[C@H](O[Si](C(C)C)(C(C)C)C(C)C)[C@@H](O)O[Si](C)(C)C(C)(C)C. The van der Waals surface area contributed by atoms with E-state index in [0.717, 1.165) is 0 Å². The molecule has 0 radical (unpaired) electrons. The van der Waals surface area contributed by atoms with E-state index in [-0.39, 0.29) is 5.04 Å². The van der Waals surface area contributed by atoms with Crippen molar-refractivity contribution in [2.45, 2.75) is 116 Å². The first-order valence-corrected chi connectivity index (χ1v) is 14.8. The Hall–Kier alpha value is 0.0538. The third-order valence-corrected chi connectivity index (χ3v) is 16.5. The zero-order chi connectivity index (χ0) is 20.2. The Morgan fingerprint density at radius 1 is 0.840 bits per heavy atom. The predicted octanol–water partition coefficient (Wildman–Crippen LogP) is 6.46. The summed E-state index contributed by atoms with van der Waals surface area (Å²) in [5.41, 5.74) is 1.42. The molecule has 0 fully saturated rings. The molecule has 0 aromatic rings. The van der Waals surface area contributed by atoms with E-state index < -0.39 is 29.0 Å². The lowest BCUT2D eigenvalue weighted by atomic mass is 10.2. The quantitative estimate of drug-likeness (QED) is 0.280. The highest BCUT2D eigenvalue weighted by atomic mass is 28.4. The maximum Gasteiger partial charge on any atom is 0.201 e. The number of hydrogen-bond donors (Lipinski definition) is 1. The van der Waals surface area contributed by atoms with Crippen LogP contribution in [-0.4, -0.2) is 34.1 Å². The molecule has 2 atom stereocenters. The second-order valence-corrected chi connectivity index (χ2v) is 19.9. The fraction of sp³-hybridized carbons (Fsp3) is 0.900. The van der Waals surface area contributed by atoms with Crippen LogP contribution in [0.2, 0.25) is 34.8 Å². The molecule has 0 amide bonds. The van der Waals surface area contributed by atoms with E-state index >= 15 is 0 Å². The van der Waals surface area contributed by atoms with E-state index in [1.165, 1.54) is 0 Å². The molecular weight excluding hydrogens is 344 g/mol. The van der Waals surface area contributed by atoms with E-state index in [4.69, 9.17) is 8.85 Å². The molecule has 25 heavy (non-hydrogen) atoms. The van der Waals surface area contributed by atoms with Crippen LogP contribution in [-0.2, 0) is 8.85 Å². The number of allylic oxidation sites excluding steroid dienone is 1. The fourth-order valence-electron chi connectivity index (χ4n) is 3.57. The number of rotatable bonds is 9. The normalized spacial score (nSPS) is 17.1. The summed E-state index contributed by atoms with van der Waals surface area (Å²) in [7, 11) is -4.15. The summed E-state index contributed by atoms with van der Waals surface area (Å²) >= 11 is 0. The van der Waals surface area contributed by atoms with Crippen LogP contribution in [0, 0.1) is 0 Å². The van der Waals surface area contributed by atoms with Crippen molar-refractivity contribution in [3.05, 3.63) is 12.2 Å². The molecule has 0 aromatic heterocycles. The minimum atomic E-state index is -2.09. The Kier molecular flexibility index (Phi) is 9.33. The number of aliphatic hydroxyl groups excluding tert-OH is 1. The standard InChI is InChI=1S/C20H44O3Si2/c1-13-14-18(19(21)23-24(11,12)20(8,9)10)22-25(15(2)3,16(4)5)17(6)7/h13-19,21H,1-12H3/b14-13+/t18-,19-/m0/s1.